The van der Waals surface area contributed by atoms with E-state index >= 15 is 0 Å². The number of β-amino-alcohol motifs (C(OH)–C–C–N with tert-alkyl or cyclic N) is 1. The largest absolute Gasteiger partial charge is 0.392 e. The summed E-state index contributed by atoms with van der Waals surface area (Å²) in [6.45, 7) is 2.68. The number of likely N-dealkylation sites (N-methyl/N-ethyl adjacent to an activating group) is 1. The molecule has 2 aromatic carbocycles. The lowest BCUT2D eigenvalue weighted by molar-refractivity contribution is 0.0958. The van der Waals surface area contributed by atoms with Crippen molar-refractivity contribution in [1.29, 1.82) is 0 Å². The summed E-state index contributed by atoms with van der Waals surface area (Å²) < 4.78 is 0. The summed E-state index contributed by atoms with van der Waals surface area (Å²) in [6.07, 6.45) is 5.78. The monoisotopic (exact) mass is 377 g/mol. The minimum atomic E-state index is -0.234. The lowest BCUT2D eigenvalue weighted by atomic mass is 10.0. The number of rotatable bonds is 7. The number of carbonyl (C=O) groups is 1. The summed E-state index contributed by atoms with van der Waals surface area (Å²) in [5.74, 6) is 2.24. The predicted octanol–water partition coefficient (Wildman–Crippen LogP) is 2.29. The van der Waals surface area contributed by atoms with Gasteiger partial charge in [0.05, 0.1) is 18.7 Å². The Morgan fingerprint density at radius 2 is 2.00 bits per heavy atom. The molecule has 0 radical (unpaired) electrons. The molecule has 1 heterocycles. The molecule has 1 aliphatic heterocycles. The number of hydrogen-bond donors (Lipinski definition) is 2. The van der Waals surface area contributed by atoms with Crippen molar-refractivity contribution in [2.45, 2.75) is 18.6 Å². The molecule has 0 spiro atoms. The Morgan fingerprint density at radius 1 is 1.29 bits per heavy atom. The number of anilines is 1. The van der Waals surface area contributed by atoms with Gasteiger partial charge in [0.15, 0.2) is 0 Å². The number of benzene rings is 2. The average Bonchev–Trinajstić information content (AvgIpc) is 3.15. The summed E-state index contributed by atoms with van der Waals surface area (Å²) in [5, 5.41) is 12.6. The Morgan fingerprint density at radius 3 is 2.61 bits per heavy atom. The van der Waals surface area contributed by atoms with E-state index in [2.05, 4.69) is 40.2 Å². The van der Waals surface area contributed by atoms with Crippen molar-refractivity contribution < 1.29 is 9.90 Å². The normalized spacial score (nSPS) is 17.7. The molecule has 28 heavy (non-hydrogen) atoms. The quantitative estimate of drug-likeness (QED) is 0.727. The number of likely N-dealkylation sites (tertiary alicyclic amines) is 1. The fourth-order valence-electron chi connectivity index (χ4n) is 3.61. The maximum Gasteiger partial charge on any atom is 0.252 e. The minimum Gasteiger partial charge on any atom is -0.392 e. The Balaban J connectivity index is 1.77. The first-order chi connectivity index (χ1) is 13.6. The lowest BCUT2D eigenvalue weighted by Gasteiger charge is -2.33. The standard InChI is InChI=1S/C23H27N3O2/c1-3-14-24-23(28)19-9-11-20(12-10-19)25(2)22(18-7-5-4-6-8-18)17-26-15-13-21(27)16-26/h1,4-12,21-22,27H,13-17H2,2H3,(H,24,28). The highest BCUT2D eigenvalue weighted by atomic mass is 16.3. The van der Waals surface area contributed by atoms with E-state index in [0.717, 1.165) is 25.2 Å². The van der Waals surface area contributed by atoms with Crippen LogP contribution in [0.1, 0.15) is 28.4 Å². The highest BCUT2D eigenvalue weighted by molar-refractivity contribution is 5.94. The number of terminal acetylenes is 1. The first-order valence-corrected chi connectivity index (χ1v) is 9.58. The van der Waals surface area contributed by atoms with Gasteiger partial charge in [0.2, 0.25) is 0 Å². The molecule has 2 N–H and O–H groups in total. The van der Waals surface area contributed by atoms with Gasteiger partial charge in [-0.25, -0.2) is 0 Å². The summed E-state index contributed by atoms with van der Waals surface area (Å²) >= 11 is 0. The number of aliphatic hydroxyl groups excluding tert-OH is 1. The van der Waals surface area contributed by atoms with Crippen LogP contribution >= 0.6 is 0 Å². The van der Waals surface area contributed by atoms with E-state index in [1.165, 1.54) is 5.56 Å². The van der Waals surface area contributed by atoms with Gasteiger partial charge in [-0.05, 0) is 36.2 Å². The van der Waals surface area contributed by atoms with Crippen molar-refractivity contribution in [3.8, 4) is 12.3 Å². The van der Waals surface area contributed by atoms with Crippen molar-refractivity contribution in [1.82, 2.24) is 10.2 Å². The van der Waals surface area contributed by atoms with Crippen LogP contribution in [0.2, 0.25) is 0 Å². The molecule has 5 nitrogen and oxygen atoms in total. The van der Waals surface area contributed by atoms with Crippen LogP contribution in [0.5, 0.6) is 0 Å². The number of amides is 1. The van der Waals surface area contributed by atoms with Crippen molar-refractivity contribution in [2.24, 2.45) is 0 Å². The van der Waals surface area contributed by atoms with Gasteiger partial charge < -0.3 is 15.3 Å². The molecule has 2 aromatic rings. The average molecular weight is 377 g/mol. The Kier molecular flexibility index (Phi) is 6.70. The molecule has 1 saturated heterocycles. The zero-order valence-electron chi connectivity index (χ0n) is 16.2. The van der Waals surface area contributed by atoms with Gasteiger partial charge in [0, 0.05) is 37.9 Å². The first-order valence-electron chi connectivity index (χ1n) is 9.58. The molecule has 1 amide bonds. The second-order valence-electron chi connectivity index (χ2n) is 7.17. The predicted molar refractivity (Wildman–Crippen MR) is 112 cm³/mol. The van der Waals surface area contributed by atoms with E-state index in [4.69, 9.17) is 6.42 Å². The molecule has 2 unspecified atom stereocenters. The summed E-state index contributed by atoms with van der Waals surface area (Å²) in [6, 6.07) is 18.1. The van der Waals surface area contributed by atoms with Gasteiger partial charge in [-0.2, -0.15) is 0 Å². The van der Waals surface area contributed by atoms with E-state index in [1.807, 2.05) is 42.5 Å². The Bertz CT molecular complexity index is 814. The van der Waals surface area contributed by atoms with Gasteiger partial charge in [0.1, 0.15) is 0 Å². The van der Waals surface area contributed by atoms with Gasteiger partial charge in [0.25, 0.3) is 5.91 Å². The van der Waals surface area contributed by atoms with E-state index in [9.17, 15) is 9.90 Å². The molecule has 1 fully saturated rings. The highest BCUT2D eigenvalue weighted by Gasteiger charge is 2.26. The van der Waals surface area contributed by atoms with Crippen LogP contribution in [0.15, 0.2) is 54.6 Å². The van der Waals surface area contributed by atoms with Gasteiger partial charge in [-0.3, -0.25) is 9.69 Å². The molecular formula is C23H27N3O2. The molecule has 5 heteroatoms. The third-order valence-corrected chi connectivity index (χ3v) is 5.22. The zero-order valence-corrected chi connectivity index (χ0v) is 16.2. The third-order valence-electron chi connectivity index (χ3n) is 5.22. The van der Waals surface area contributed by atoms with Crippen molar-refractivity contribution in [3.05, 3.63) is 65.7 Å². The summed E-state index contributed by atoms with van der Waals surface area (Å²) in [5.41, 5.74) is 2.84. The second kappa shape index (κ2) is 9.41. The van der Waals surface area contributed by atoms with E-state index < -0.39 is 0 Å². The molecule has 1 aliphatic rings. The zero-order chi connectivity index (χ0) is 19.9. The molecule has 0 saturated carbocycles. The molecular weight excluding hydrogens is 350 g/mol. The van der Waals surface area contributed by atoms with Crippen molar-refractivity contribution >= 4 is 11.6 Å². The van der Waals surface area contributed by atoms with Crippen LogP contribution in [0.3, 0.4) is 0 Å². The van der Waals surface area contributed by atoms with Crippen LogP contribution < -0.4 is 10.2 Å². The second-order valence-corrected chi connectivity index (χ2v) is 7.17. The van der Waals surface area contributed by atoms with Crippen LogP contribution in [0, 0.1) is 12.3 Å². The van der Waals surface area contributed by atoms with E-state index in [-0.39, 0.29) is 24.6 Å². The SMILES string of the molecule is C#CCNC(=O)c1ccc(N(C)C(CN2CCC(O)C2)c2ccccc2)cc1. The van der Waals surface area contributed by atoms with E-state index in [1.54, 1.807) is 0 Å². The summed E-state index contributed by atoms with van der Waals surface area (Å²) in [7, 11) is 2.07. The van der Waals surface area contributed by atoms with Crippen LogP contribution in [0.4, 0.5) is 5.69 Å². The number of nitrogens with zero attached hydrogens (tertiary/aromatic N) is 2. The van der Waals surface area contributed by atoms with Crippen LogP contribution in [-0.4, -0.2) is 55.2 Å². The molecule has 2 atom stereocenters. The lowest BCUT2D eigenvalue weighted by Crippen LogP contribution is -2.36. The number of aliphatic hydroxyl groups is 1. The number of carbonyl (C=O) groups excluding carboxylic acids is 1. The Hall–Kier alpha value is -2.81. The topological polar surface area (TPSA) is 55.8 Å². The van der Waals surface area contributed by atoms with Crippen molar-refractivity contribution in [2.75, 3.05) is 38.1 Å². The fourth-order valence-corrected chi connectivity index (χ4v) is 3.61. The van der Waals surface area contributed by atoms with E-state index in [0.29, 0.717) is 12.1 Å². The third kappa shape index (κ3) is 4.92. The molecule has 0 aliphatic carbocycles. The van der Waals surface area contributed by atoms with Gasteiger partial charge >= 0.3 is 0 Å². The van der Waals surface area contributed by atoms with Crippen molar-refractivity contribution in [3.63, 3.8) is 0 Å². The first kappa shape index (κ1) is 19.9. The maximum atomic E-state index is 12.1. The Labute approximate surface area is 167 Å². The molecule has 0 aromatic heterocycles. The molecule has 146 valence electrons. The maximum absolute atomic E-state index is 12.1. The molecule has 0 bridgehead atoms. The highest BCUT2D eigenvalue weighted by Crippen LogP contribution is 2.28. The van der Waals surface area contributed by atoms with Gasteiger partial charge in [-0.1, -0.05) is 36.3 Å². The minimum absolute atomic E-state index is 0.146. The van der Waals surface area contributed by atoms with Crippen LogP contribution in [0.25, 0.3) is 0 Å². The smallest absolute Gasteiger partial charge is 0.252 e. The van der Waals surface area contributed by atoms with Gasteiger partial charge in [-0.15, -0.1) is 6.42 Å². The molecule has 3 rings (SSSR count). The fraction of sp³-hybridized carbons (Fsp3) is 0.348. The number of nitrogens with one attached hydrogen (secondary N) is 1. The van der Waals surface area contributed by atoms with Crippen LogP contribution in [-0.2, 0) is 0 Å². The summed E-state index contributed by atoms with van der Waals surface area (Å²) in [4.78, 5) is 16.6. The number of hydrogen-bond acceptors (Lipinski definition) is 4.